The molecule has 0 radical (unpaired) electrons. The van der Waals surface area contributed by atoms with Gasteiger partial charge in [-0.2, -0.15) is 13.2 Å². The minimum atomic E-state index is -4.21. The number of carbonyl (C=O) groups is 1. The summed E-state index contributed by atoms with van der Waals surface area (Å²) in [6.07, 6.45) is -2.04. The highest BCUT2D eigenvalue weighted by Gasteiger charge is 2.28. The van der Waals surface area contributed by atoms with E-state index in [-0.39, 0.29) is 12.6 Å². The van der Waals surface area contributed by atoms with Crippen molar-refractivity contribution in [1.29, 1.82) is 0 Å². The number of urea groups is 1. The van der Waals surface area contributed by atoms with Crippen LogP contribution in [0.1, 0.15) is 12.0 Å². The highest BCUT2D eigenvalue weighted by Crippen LogP contribution is 2.22. The Labute approximate surface area is 166 Å². The van der Waals surface area contributed by atoms with Gasteiger partial charge in [0.2, 0.25) is 0 Å². The second-order valence-corrected chi connectivity index (χ2v) is 7.24. The molecule has 0 unspecified atom stereocenters. The predicted molar refractivity (Wildman–Crippen MR) is 105 cm³/mol. The van der Waals surface area contributed by atoms with Crippen molar-refractivity contribution in [2.45, 2.75) is 23.4 Å². The number of amides is 2. The molecule has 0 fully saturated rings. The monoisotopic (exact) mass is 412 g/mol. The van der Waals surface area contributed by atoms with E-state index in [9.17, 15) is 18.0 Å². The molecule has 1 aromatic carbocycles. The number of aromatic nitrogens is 1. The lowest BCUT2D eigenvalue weighted by molar-refractivity contribution is -0.143. The number of thioether (sulfide) groups is 1. The number of rotatable bonds is 9. The summed E-state index contributed by atoms with van der Waals surface area (Å²) in [5.41, 5.74) is 1.70. The van der Waals surface area contributed by atoms with E-state index in [0.717, 1.165) is 16.3 Å². The molecule has 0 bridgehead atoms. The fraction of sp³-hybridized carbons (Fsp3) is 0.368. The largest absolute Gasteiger partial charge is 0.401 e. The lowest BCUT2D eigenvalue weighted by Crippen LogP contribution is -2.34. The first-order valence-corrected chi connectivity index (χ1v) is 9.73. The topological polar surface area (TPSA) is 57.3 Å². The van der Waals surface area contributed by atoms with Crippen molar-refractivity contribution in [3.8, 4) is 0 Å². The molecule has 0 atom stereocenters. The number of hydrogen-bond acceptors (Lipinski definition) is 4. The van der Waals surface area contributed by atoms with Crippen molar-refractivity contribution >= 4 is 23.5 Å². The van der Waals surface area contributed by atoms with Crippen LogP contribution in [0.2, 0.25) is 0 Å². The van der Waals surface area contributed by atoms with Crippen LogP contribution in [-0.4, -0.2) is 48.8 Å². The van der Waals surface area contributed by atoms with Gasteiger partial charge in [0, 0.05) is 24.2 Å². The van der Waals surface area contributed by atoms with Gasteiger partial charge in [0.15, 0.2) is 0 Å². The Bertz CT molecular complexity index is 743. The minimum absolute atomic E-state index is 0.250. The van der Waals surface area contributed by atoms with Crippen LogP contribution in [0.25, 0.3) is 0 Å². The quantitative estimate of drug-likeness (QED) is 0.474. The van der Waals surface area contributed by atoms with Gasteiger partial charge in [-0.1, -0.05) is 18.2 Å². The van der Waals surface area contributed by atoms with E-state index in [1.54, 1.807) is 24.0 Å². The summed E-state index contributed by atoms with van der Waals surface area (Å²) >= 11 is 1.60. The third-order valence-corrected chi connectivity index (χ3v) is 4.68. The molecule has 1 aromatic heterocycles. The maximum atomic E-state index is 12.2. The Kier molecular flexibility index (Phi) is 8.59. The molecule has 2 aromatic rings. The van der Waals surface area contributed by atoms with E-state index < -0.39 is 12.7 Å². The molecule has 0 aliphatic rings. The summed E-state index contributed by atoms with van der Waals surface area (Å²) in [6, 6.07) is 12.8. The molecule has 28 heavy (non-hydrogen) atoms. The maximum Gasteiger partial charge on any atom is 0.401 e. The van der Waals surface area contributed by atoms with Gasteiger partial charge >= 0.3 is 12.2 Å². The summed E-state index contributed by atoms with van der Waals surface area (Å²) in [7, 11) is 1.40. The Morgan fingerprint density at radius 3 is 2.75 bits per heavy atom. The van der Waals surface area contributed by atoms with Crippen molar-refractivity contribution in [1.82, 2.24) is 15.2 Å². The molecule has 2 amide bonds. The SMILES string of the molecule is CN(CCCNC(=O)Nc1cccc(CSc2ccccn2)c1)CC(F)(F)F. The van der Waals surface area contributed by atoms with E-state index in [4.69, 9.17) is 0 Å². The zero-order valence-corrected chi connectivity index (χ0v) is 16.3. The van der Waals surface area contributed by atoms with Crippen molar-refractivity contribution < 1.29 is 18.0 Å². The first-order valence-electron chi connectivity index (χ1n) is 8.75. The molecular formula is C19H23F3N4OS. The highest BCUT2D eigenvalue weighted by molar-refractivity contribution is 7.98. The number of alkyl halides is 3. The molecule has 1 heterocycles. The summed E-state index contributed by atoms with van der Waals surface area (Å²) in [6.45, 7) is -0.411. The number of carbonyl (C=O) groups excluding carboxylic acids is 1. The van der Waals surface area contributed by atoms with Crippen molar-refractivity contribution in [2.75, 3.05) is 32.0 Å². The molecular weight excluding hydrogens is 389 g/mol. The van der Waals surface area contributed by atoms with E-state index in [1.165, 1.54) is 11.9 Å². The summed E-state index contributed by atoms with van der Waals surface area (Å²) in [4.78, 5) is 17.4. The molecule has 0 spiro atoms. The molecule has 2 N–H and O–H groups in total. The summed E-state index contributed by atoms with van der Waals surface area (Å²) in [5, 5.41) is 6.32. The van der Waals surface area contributed by atoms with Crippen LogP contribution in [0.5, 0.6) is 0 Å². The first-order chi connectivity index (χ1) is 13.3. The lowest BCUT2D eigenvalue weighted by Gasteiger charge is -2.18. The van der Waals surface area contributed by atoms with Crippen LogP contribution in [0, 0.1) is 0 Å². The molecule has 152 valence electrons. The number of pyridine rings is 1. The van der Waals surface area contributed by atoms with Gasteiger partial charge in [-0.05, 0) is 49.8 Å². The van der Waals surface area contributed by atoms with E-state index in [2.05, 4.69) is 15.6 Å². The third kappa shape index (κ3) is 9.09. The zero-order chi connectivity index (χ0) is 20.4. The van der Waals surface area contributed by atoms with Gasteiger partial charge in [0.1, 0.15) is 0 Å². The average Bonchev–Trinajstić information content (AvgIpc) is 2.63. The van der Waals surface area contributed by atoms with Crippen molar-refractivity contribution in [3.05, 3.63) is 54.2 Å². The Morgan fingerprint density at radius 1 is 1.21 bits per heavy atom. The van der Waals surface area contributed by atoms with Crippen LogP contribution in [0.4, 0.5) is 23.7 Å². The Hall–Kier alpha value is -2.26. The van der Waals surface area contributed by atoms with Crippen LogP contribution < -0.4 is 10.6 Å². The van der Waals surface area contributed by atoms with E-state index in [0.29, 0.717) is 18.7 Å². The molecule has 2 rings (SSSR count). The normalized spacial score (nSPS) is 11.5. The van der Waals surface area contributed by atoms with Gasteiger partial charge in [0.05, 0.1) is 11.6 Å². The highest BCUT2D eigenvalue weighted by atomic mass is 32.2. The molecule has 5 nitrogen and oxygen atoms in total. The number of benzene rings is 1. The van der Waals surface area contributed by atoms with Gasteiger partial charge in [-0.15, -0.1) is 11.8 Å². The maximum absolute atomic E-state index is 12.2. The van der Waals surface area contributed by atoms with Gasteiger partial charge in [-0.25, -0.2) is 9.78 Å². The van der Waals surface area contributed by atoms with Crippen LogP contribution in [0.15, 0.2) is 53.7 Å². The van der Waals surface area contributed by atoms with Crippen molar-refractivity contribution in [2.24, 2.45) is 0 Å². The van der Waals surface area contributed by atoms with Crippen LogP contribution in [-0.2, 0) is 5.75 Å². The number of nitrogens with one attached hydrogen (secondary N) is 2. The molecule has 9 heteroatoms. The van der Waals surface area contributed by atoms with Crippen LogP contribution in [0.3, 0.4) is 0 Å². The third-order valence-electron chi connectivity index (χ3n) is 3.66. The van der Waals surface area contributed by atoms with Crippen molar-refractivity contribution in [3.63, 3.8) is 0 Å². The van der Waals surface area contributed by atoms with Gasteiger partial charge < -0.3 is 10.6 Å². The number of nitrogens with zero attached hydrogens (tertiary/aromatic N) is 2. The Balaban J connectivity index is 1.70. The smallest absolute Gasteiger partial charge is 0.338 e. The number of hydrogen-bond donors (Lipinski definition) is 2. The molecule has 0 saturated carbocycles. The first kappa shape index (κ1) is 22.0. The van der Waals surface area contributed by atoms with E-state index >= 15 is 0 Å². The number of halogens is 3. The number of anilines is 1. The second kappa shape index (κ2) is 10.9. The average molecular weight is 412 g/mol. The second-order valence-electron chi connectivity index (χ2n) is 6.24. The molecule has 0 saturated heterocycles. The Morgan fingerprint density at radius 2 is 2.04 bits per heavy atom. The van der Waals surface area contributed by atoms with Crippen LogP contribution >= 0.6 is 11.8 Å². The standard InChI is InChI=1S/C19H23F3N4OS/c1-26(14-19(20,21)22)11-5-10-24-18(27)25-16-7-4-6-15(12-16)13-28-17-8-2-3-9-23-17/h2-4,6-9,12H,5,10-11,13-14H2,1H3,(H2,24,25,27). The molecule has 0 aliphatic heterocycles. The summed E-state index contributed by atoms with van der Waals surface area (Å²) in [5.74, 6) is 0.722. The zero-order valence-electron chi connectivity index (χ0n) is 15.5. The lowest BCUT2D eigenvalue weighted by atomic mass is 10.2. The van der Waals surface area contributed by atoms with Gasteiger partial charge in [-0.3, -0.25) is 4.90 Å². The minimum Gasteiger partial charge on any atom is -0.338 e. The van der Waals surface area contributed by atoms with Gasteiger partial charge in [0.25, 0.3) is 0 Å². The summed E-state index contributed by atoms with van der Waals surface area (Å²) < 4.78 is 36.7. The predicted octanol–water partition coefficient (Wildman–Crippen LogP) is 4.38. The molecule has 0 aliphatic carbocycles. The van der Waals surface area contributed by atoms with E-state index in [1.807, 2.05) is 36.4 Å². The fourth-order valence-electron chi connectivity index (χ4n) is 2.44. The fourth-order valence-corrected chi connectivity index (χ4v) is 3.24.